The van der Waals surface area contributed by atoms with Gasteiger partial charge < -0.3 is 4.98 Å². The standard InChI is InChI=1S/C9H9IN4O/c10-6-5-8(14-13-6)11-7(12-9(5)15)4-2-1-3-4/h4H,1-3H2,(H2,11,12,13,14,15). The molecule has 1 aliphatic carbocycles. The van der Waals surface area contributed by atoms with Gasteiger partial charge >= 0.3 is 0 Å². The highest BCUT2D eigenvalue weighted by Crippen LogP contribution is 2.34. The fourth-order valence-electron chi connectivity index (χ4n) is 1.79. The lowest BCUT2D eigenvalue weighted by Gasteiger charge is -2.23. The van der Waals surface area contributed by atoms with Crippen LogP contribution in [-0.4, -0.2) is 20.2 Å². The molecule has 0 saturated heterocycles. The van der Waals surface area contributed by atoms with Crippen molar-refractivity contribution < 1.29 is 0 Å². The minimum absolute atomic E-state index is 0.0833. The van der Waals surface area contributed by atoms with Gasteiger partial charge in [0.25, 0.3) is 5.56 Å². The molecule has 6 heteroatoms. The Morgan fingerprint density at radius 1 is 1.40 bits per heavy atom. The zero-order valence-corrected chi connectivity index (χ0v) is 10.0. The molecule has 78 valence electrons. The summed E-state index contributed by atoms with van der Waals surface area (Å²) in [7, 11) is 0. The number of aromatic nitrogens is 4. The Hall–Kier alpha value is -0.920. The highest BCUT2D eigenvalue weighted by molar-refractivity contribution is 14.1. The molecule has 0 spiro atoms. The van der Waals surface area contributed by atoms with Crippen molar-refractivity contribution in [2.24, 2.45) is 0 Å². The molecule has 2 aromatic heterocycles. The molecule has 0 aliphatic heterocycles. The van der Waals surface area contributed by atoms with E-state index >= 15 is 0 Å². The van der Waals surface area contributed by atoms with Gasteiger partial charge in [-0.2, -0.15) is 5.10 Å². The Bertz CT molecular complexity index is 569. The van der Waals surface area contributed by atoms with E-state index in [9.17, 15) is 4.79 Å². The Kier molecular flexibility index (Phi) is 2.04. The van der Waals surface area contributed by atoms with Crippen LogP contribution in [0.1, 0.15) is 31.0 Å². The van der Waals surface area contributed by atoms with E-state index in [1.54, 1.807) is 0 Å². The molecular formula is C9H9IN4O. The summed E-state index contributed by atoms with van der Waals surface area (Å²) in [4.78, 5) is 19.0. The van der Waals surface area contributed by atoms with Crippen LogP contribution >= 0.6 is 22.6 Å². The minimum Gasteiger partial charge on any atom is -0.310 e. The van der Waals surface area contributed by atoms with E-state index in [-0.39, 0.29) is 5.56 Å². The van der Waals surface area contributed by atoms with Crippen LogP contribution in [0.15, 0.2) is 4.79 Å². The second kappa shape index (κ2) is 3.29. The smallest absolute Gasteiger partial charge is 0.263 e. The lowest BCUT2D eigenvalue weighted by Crippen LogP contribution is -2.18. The van der Waals surface area contributed by atoms with Crippen molar-refractivity contribution in [2.45, 2.75) is 25.2 Å². The first kappa shape index (κ1) is 9.32. The Morgan fingerprint density at radius 3 is 2.87 bits per heavy atom. The van der Waals surface area contributed by atoms with Crippen LogP contribution in [0.5, 0.6) is 0 Å². The molecule has 0 atom stereocenters. The third-order valence-corrected chi connectivity index (χ3v) is 3.67. The summed E-state index contributed by atoms with van der Waals surface area (Å²) in [6, 6.07) is 0. The summed E-state index contributed by atoms with van der Waals surface area (Å²) in [5, 5.41) is 7.36. The molecule has 5 nitrogen and oxygen atoms in total. The van der Waals surface area contributed by atoms with Crippen LogP contribution in [0.25, 0.3) is 11.0 Å². The van der Waals surface area contributed by atoms with E-state index in [1.165, 1.54) is 6.42 Å². The first-order chi connectivity index (χ1) is 7.25. The quantitative estimate of drug-likeness (QED) is 0.783. The van der Waals surface area contributed by atoms with Gasteiger partial charge in [-0.05, 0) is 35.4 Å². The van der Waals surface area contributed by atoms with Gasteiger partial charge in [0.15, 0.2) is 5.65 Å². The van der Waals surface area contributed by atoms with E-state index in [1.807, 2.05) is 0 Å². The average molecular weight is 316 g/mol. The van der Waals surface area contributed by atoms with Gasteiger partial charge in [-0.15, -0.1) is 0 Å². The van der Waals surface area contributed by atoms with Crippen LogP contribution in [0.2, 0.25) is 0 Å². The van der Waals surface area contributed by atoms with Crippen LogP contribution in [0.4, 0.5) is 0 Å². The monoisotopic (exact) mass is 316 g/mol. The van der Waals surface area contributed by atoms with Crippen LogP contribution in [0, 0.1) is 3.70 Å². The number of rotatable bonds is 1. The zero-order valence-electron chi connectivity index (χ0n) is 7.88. The number of aromatic amines is 2. The fourth-order valence-corrected chi connectivity index (χ4v) is 2.40. The summed E-state index contributed by atoms with van der Waals surface area (Å²) in [6.45, 7) is 0. The maximum atomic E-state index is 11.8. The first-order valence-corrected chi connectivity index (χ1v) is 5.97. The van der Waals surface area contributed by atoms with Crippen LogP contribution in [0.3, 0.4) is 0 Å². The van der Waals surface area contributed by atoms with Crippen LogP contribution in [-0.2, 0) is 0 Å². The molecule has 2 N–H and O–H groups in total. The molecule has 0 unspecified atom stereocenters. The molecule has 1 aliphatic rings. The maximum absolute atomic E-state index is 11.8. The number of fused-ring (bicyclic) bond motifs is 1. The average Bonchev–Trinajstić information content (AvgIpc) is 2.44. The molecule has 15 heavy (non-hydrogen) atoms. The molecule has 0 radical (unpaired) electrons. The van der Waals surface area contributed by atoms with E-state index in [0.717, 1.165) is 22.4 Å². The number of halogens is 1. The highest BCUT2D eigenvalue weighted by atomic mass is 127. The molecule has 2 heterocycles. The van der Waals surface area contributed by atoms with Crippen molar-refractivity contribution in [3.63, 3.8) is 0 Å². The summed E-state index contributed by atoms with van der Waals surface area (Å²) in [5.74, 6) is 1.22. The van der Waals surface area contributed by atoms with Crippen molar-refractivity contribution in [3.8, 4) is 0 Å². The van der Waals surface area contributed by atoms with Gasteiger partial charge in [-0.25, -0.2) is 4.98 Å². The summed E-state index contributed by atoms with van der Waals surface area (Å²) < 4.78 is 0.747. The molecule has 1 saturated carbocycles. The van der Waals surface area contributed by atoms with E-state index in [2.05, 4.69) is 42.8 Å². The second-order valence-electron chi connectivity index (χ2n) is 3.82. The predicted molar refractivity (Wildman–Crippen MR) is 63.8 cm³/mol. The molecule has 3 rings (SSSR count). The fraction of sp³-hybridized carbons (Fsp3) is 0.444. The molecule has 2 aromatic rings. The van der Waals surface area contributed by atoms with Crippen molar-refractivity contribution in [1.82, 2.24) is 20.2 Å². The number of hydrogen-bond donors (Lipinski definition) is 2. The number of nitrogens with one attached hydrogen (secondary N) is 2. The van der Waals surface area contributed by atoms with Crippen molar-refractivity contribution >= 4 is 33.6 Å². The number of hydrogen-bond acceptors (Lipinski definition) is 3. The lowest BCUT2D eigenvalue weighted by molar-refractivity contribution is 0.401. The van der Waals surface area contributed by atoms with E-state index in [4.69, 9.17) is 0 Å². The minimum atomic E-state index is -0.0833. The largest absolute Gasteiger partial charge is 0.310 e. The number of nitrogens with zero attached hydrogens (tertiary/aromatic N) is 2. The zero-order chi connectivity index (χ0) is 10.4. The van der Waals surface area contributed by atoms with Crippen molar-refractivity contribution in [3.05, 3.63) is 19.9 Å². The Morgan fingerprint density at radius 2 is 2.20 bits per heavy atom. The van der Waals surface area contributed by atoms with Gasteiger partial charge in [0.1, 0.15) is 14.9 Å². The predicted octanol–water partition coefficient (Wildman–Crippen LogP) is 1.52. The van der Waals surface area contributed by atoms with Gasteiger partial charge in [-0.1, -0.05) is 6.42 Å². The van der Waals surface area contributed by atoms with Gasteiger partial charge in [-0.3, -0.25) is 9.89 Å². The van der Waals surface area contributed by atoms with Gasteiger partial charge in [0.05, 0.1) is 0 Å². The Balaban J connectivity index is 2.23. The molecule has 0 amide bonds. The van der Waals surface area contributed by atoms with E-state index < -0.39 is 0 Å². The summed E-state index contributed by atoms with van der Waals surface area (Å²) >= 11 is 2.05. The topological polar surface area (TPSA) is 74.4 Å². The Labute approximate surface area is 98.8 Å². The molecule has 0 aromatic carbocycles. The highest BCUT2D eigenvalue weighted by Gasteiger charge is 2.23. The molecular weight excluding hydrogens is 307 g/mol. The van der Waals surface area contributed by atoms with Gasteiger partial charge in [0, 0.05) is 5.92 Å². The summed E-state index contributed by atoms with van der Waals surface area (Å²) in [6.07, 6.45) is 3.47. The van der Waals surface area contributed by atoms with Crippen LogP contribution < -0.4 is 5.56 Å². The lowest BCUT2D eigenvalue weighted by atomic mass is 9.85. The first-order valence-electron chi connectivity index (χ1n) is 4.89. The second-order valence-corrected chi connectivity index (χ2v) is 4.89. The molecule has 0 bridgehead atoms. The molecule has 1 fully saturated rings. The van der Waals surface area contributed by atoms with Crippen molar-refractivity contribution in [2.75, 3.05) is 0 Å². The third-order valence-electron chi connectivity index (χ3n) is 2.89. The van der Waals surface area contributed by atoms with Gasteiger partial charge in [0.2, 0.25) is 0 Å². The van der Waals surface area contributed by atoms with Crippen molar-refractivity contribution in [1.29, 1.82) is 0 Å². The van der Waals surface area contributed by atoms with E-state index in [0.29, 0.717) is 17.0 Å². The maximum Gasteiger partial charge on any atom is 0.263 e. The normalized spacial score (nSPS) is 16.9. The summed E-state index contributed by atoms with van der Waals surface area (Å²) in [5.41, 5.74) is 0.449. The number of H-pyrrole nitrogens is 2. The third kappa shape index (κ3) is 1.38. The SMILES string of the molecule is O=c1[nH]c(C2CCC2)nc2n[nH]c(I)c12.